The fraction of sp³-hybridized carbons (Fsp3) is 0.333. The van der Waals surface area contributed by atoms with Crippen LogP contribution < -0.4 is 4.74 Å². The van der Waals surface area contributed by atoms with Gasteiger partial charge in [0.1, 0.15) is 4.60 Å². The topological polar surface area (TPSA) is 59.4 Å². The molecule has 0 saturated heterocycles. The first-order valence-electron chi connectivity index (χ1n) is 4.55. The van der Waals surface area contributed by atoms with Gasteiger partial charge in [-0.25, -0.2) is 13.8 Å². The molecule has 0 radical (unpaired) electrons. The van der Waals surface area contributed by atoms with Crippen molar-refractivity contribution in [3.63, 3.8) is 0 Å². The summed E-state index contributed by atoms with van der Waals surface area (Å²) in [5.41, 5.74) is -1.29. The monoisotopic (exact) mass is 349 g/mol. The van der Waals surface area contributed by atoms with Crippen molar-refractivity contribution >= 4 is 21.9 Å². The minimum Gasteiger partial charge on any atom is -0.481 e. The molecule has 4 nitrogen and oxygen atoms in total. The van der Waals surface area contributed by atoms with Crippen LogP contribution in [0.25, 0.3) is 0 Å². The Morgan fingerprint density at radius 3 is 2.47 bits per heavy atom. The van der Waals surface area contributed by atoms with Gasteiger partial charge in [-0.1, -0.05) is 0 Å². The van der Waals surface area contributed by atoms with Crippen LogP contribution in [0.2, 0.25) is 0 Å². The molecule has 10 heteroatoms. The van der Waals surface area contributed by atoms with E-state index in [4.69, 9.17) is 5.11 Å². The molecule has 0 aromatic carbocycles. The van der Waals surface area contributed by atoms with Gasteiger partial charge >= 0.3 is 12.3 Å². The van der Waals surface area contributed by atoms with E-state index in [2.05, 4.69) is 25.7 Å². The van der Waals surface area contributed by atoms with Crippen LogP contribution in [0, 0.1) is 0 Å². The molecule has 0 aliphatic rings. The third-order valence-electron chi connectivity index (χ3n) is 1.85. The van der Waals surface area contributed by atoms with E-state index in [1.165, 1.54) is 0 Å². The highest BCUT2D eigenvalue weighted by Crippen LogP contribution is 2.33. The van der Waals surface area contributed by atoms with E-state index in [-0.39, 0.29) is 0 Å². The number of hydrogen-bond acceptors (Lipinski definition) is 3. The molecule has 0 unspecified atom stereocenters. The normalized spacial score (nSPS) is 11.7. The number of rotatable bonds is 4. The van der Waals surface area contributed by atoms with Crippen molar-refractivity contribution in [1.82, 2.24) is 4.98 Å². The lowest BCUT2D eigenvalue weighted by atomic mass is 10.1. The molecule has 1 aromatic rings. The first-order chi connectivity index (χ1) is 8.60. The Labute approximate surface area is 111 Å². The Bertz CT molecular complexity index is 491. The van der Waals surface area contributed by atoms with Crippen LogP contribution in [0.4, 0.5) is 22.0 Å². The maximum absolute atomic E-state index is 12.7. The average Bonchev–Trinajstić information content (AvgIpc) is 2.10. The standard InChI is InChI=1S/C9H5BrF5NO3/c10-7-6(8(11)12)3(2-5(17)18)1-4(16-7)19-9(13,14)15/h1,8H,2H2,(H,17,18). The highest BCUT2D eigenvalue weighted by Gasteiger charge is 2.33. The van der Waals surface area contributed by atoms with Crippen molar-refractivity contribution in [2.45, 2.75) is 19.2 Å². The Morgan fingerprint density at radius 2 is 2.05 bits per heavy atom. The van der Waals surface area contributed by atoms with Crippen LogP contribution in [0.1, 0.15) is 17.6 Å². The number of halogens is 6. The smallest absolute Gasteiger partial charge is 0.481 e. The fourth-order valence-electron chi connectivity index (χ4n) is 1.26. The van der Waals surface area contributed by atoms with E-state index < -0.39 is 46.8 Å². The van der Waals surface area contributed by atoms with Gasteiger partial charge in [0.15, 0.2) is 0 Å². The molecule has 0 saturated carbocycles. The van der Waals surface area contributed by atoms with Crippen molar-refractivity contribution in [1.29, 1.82) is 0 Å². The van der Waals surface area contributed by atoms with Gasteiger partial charge in [-0.15, -0.1) is 13.2 Å². The molecule has 0 spiro atoms. The SMILES string of the molecule is O=C(O)Cc1cc(OC(F)(F)F)nc(Br)c1C(F)F. The second-order valence-electron chi connectivity index (χ2n) is 3.24. The van der Waals surface area contributed by atoms with Crippen molar-refractivity contribution in [3.8, 4) is 5.88 Å². The largest absolute Gasteiger partial charge is 0.574 e. The minimum absolute atomic E-state index is 0.511. The molecule has 1 rings (SSSR count). The van der Waals surface area contributed by atoms with Gasteiger partial charge in [-0.2, -0.15) is 0 Å². The van der Waals surface area contributed by atoms with Gasteiger partial charge in [0, 0.05) is 6.07 Å². The molecule has 1 aromatic heterocycles. The Hall–Kier alpha value is -1.45. The summed E-state index contributed by atoms with van der Waals surface area (Å²) in [5, 5.41) is 8.54. The number of alkyl halides is 5. The van der Waals surface area contributed by atoms with Gasteiger partial charge in [-0.05, 0) is 21.5 Å². The zero-order chi connectivity index (χ0) is 14.8. The molecule has 1 N–H and O–H groups in total. The molecular weight excluding hydrogens is 345 g/mol. The summed E-state index contributed by atoms with van der Waals surface area (Å²) in [6.07, 6.45) is -9.02. The average molecular weight is 350 g/mol. The molecule has 0 bridgehead atoms. The van der Waals surface area contributed by atoms with Crippen molar-refractivity contribution in [2.24, 2.45) is 0 Å². The molecular formula is C9H5BrF5NO3. The lowest BCUT2D eigenvalue weighted by molar-refractivity contribution is -0.276. The molecule has 0 atom stereocenters. The zero-order valence-corrected chi connectivity index (χ0v) is 10.4. The van der Waals surface area contributed by atoms with Crippen LogP contribution in [-0.4, -0.2) is 22.4 Å². The van der Waals surface area contributed by atoms with Crippen LogP contribution in [0.3, 0.4) is 0 Å². The number of carboxylic acid groups (broad SMARTS) is 1. The second-order valence-corrected chi connectivity index (χ2v) is 3.99. The lowest BCUT2D eigenvalue weighted by Gasteiger charge is -2.13. The van der Waals surface area contributed by atoms with Crippen molar-refractivity contribution < 1.29 is 36.6 Å². The number of nitrogens with zero attached hydrogens (tertiary/aromatic N) is 1. The van der Waals surface area contributed by atoms with Gasteiger partial charge in [0.05, 0.1) is 12.0 Å². The van der Waals surface area contributed by atoms with Crippen LogP contribution in [-0.2, 0) is 11.2 Å². The minimum atomic E-state index is -5.06. The quantitative estimate of drug-likeness (QED) is 0.669. The number of hydrogen-bond donors (Lipinski definition) is 1. The second kappa shape index (κ2) is 5.68. The summed E-state index contributed by atoms with van der Waals surface area (Å²) in [7, 11) is 0. The number of pyridine rings is 1. The van der Waals surface area contributed by atoms with Crippen LogP contribution >= 0.6 is 15.9 Å². The molecule has 106 valence electrons. The van der Waals surface area contributed by atoms with Gasteiger partial charge in [0.2, 0.25) is 5.88 Å². The van der Waals surface area contributed by atoms with E-state index >= 15 is 0 Å². The first-order valence-corrected chi connectivity index (χ1v) is 5.34. The highest BCUT2D eigenvalue weighted by molar-refractivity contribution is 9.10. The Kier molecular flexibility index (Phi) is 4.66. The van der Waals surface area contributed by atoms with Crippen molar-refractivity contribution in [3.05, 3.63) is 21.8 Å². The predicted octanol–water partition coefficient (Wildman–Crippen LogP) is 3.31. The fourth-order valence-corrected chi connectivity index (χ4v) is 1.86. The molecule has 0 aliphatic carbocycles. The molecule has 1 heterocycles. The van der Waals surface area contributed by atoms with Gasteiger partial charge < -0.3 is 9.84 Å². The Balaban J connectivity index is 3.26. The van der Waals surface area contributed by atoms with E-state index in [0.717, 1.165) is 0 Å². The summed E-state index contributed by atoms with van der Waals surface area (Å²) < 4.78 is 64.2. The summed E-state index contributed by atoms with van der Waals surface area (Å²) in [6, 6.07) is 0.522. The number of aromatic nitrogens is 1. The highest BCUT2D eigenvalue weighted by atomic mass is 79.9. The van der Waals surface area contributed by atoms with Gasteiger partial charge in [0.25, 0.3) is 6.43 Å². The maximum atomic E-state index is 12.7. The Morgan fingerprint density at radius 1 is 1.47 bits per heavy atom. The van der Waals surface area contributed by atoms with E-state index in [1.807, 2.05) is 0 Å². The van der Waals surface area contributed by atoms with E-state index in [1.54, 1.807) is 0 Å². The summed E-state index contributed by atoms with van der Waals surface area (Å²) in [4.78, 5) is 13.7. The predicted molar refractivity (Wildman–Crippen MR) is 54.9 cm³/mol. The molecule has 0 amide bonds. The molecule has 19 heavy (non-hydrogen) atoms. The summed E-state index contributed by atoms with van der Waals surface area (Å²) in [5.74, 6) is -2.49. The molecule has 0 fully saturated rings. The first kappa shape index (κ1) is 15.6. The van der Waals surface area contributed by atoms with Crippen LogP contribution in [0.5, 0.6) is 5.88 Å². The number of aliphatic carboxylic acids is 1. The summed E-state index contributed by atoms with van der Waals surface area (Å²) in [6.45, 7) is 0. The third-order valence-corrected chi connectivity index (χ3v) is 2.46. The van der Waals surface area contributed by atoms with Gasteiger partial charge in [-0.3, -0.25) is 4.79 Å². The zero-order valence-electron chi connectivity index (χ0n) is 8.84. The van der Waals surface area contributed by atoms with Crippen LogP contribution in [0.15, 0.2) is 10.7 Å². The summed E-state index contributed by atoms with van der Waals surface area (Å²) >= 11 is 2.56. The number of carbonyl (C=O) groups is 1. The number of ether oxygens (including phenoxy) is 1. The lowest BCUT2D eigenvalue weighted by Crippen LogP contribution is -2.19. The van der Waals surface area contributed by atoms with E-state index in [0.29, 0.717) is 6.07 Å². The molecule has 0 aliphatic heterocycles. The van der Waals surface area contributed by atoms with E-state index in [9.17, 15) is 26.7 Å². The van der Waals surface area contributed by atoms with Crippen molar-refractivity contribution in [2.75, 3.05) is 0 Å². The third kappa shape index (κ3) is 4.62. The number of carboxylic acids is 1. The maximum Gasteiger partial charge on any atom is 0.574 e.